The number of aryl methyl sites for hydroxylation is 1. The number of aliphatic hydroxyl groups excluding tert-OH is 1. The van der Waals surface area contributed by atoms with Crippen LogP contribution in [0.25, 0.3) is 0 Å². The van der Waals surface area contributed by atoms with Gasteiger partial charge in [-0.2, -0.15) is 4.98 Å². The van der Waals surface area contributed by atoms with Crippen LogP contribution < -0.4 is 5.32 Å². The summed E-state index contributed by atoms with van der Waals surface area (Å²) in [7, 11) is 0. The molecule has 1 aliphatic carbocycles. The summed E-state index contributed by atoms with van der Waals surface area (Å²) in [5.74, 6) is 1.33. The van der Waals surface area contributed by atoms with Crippen LogP contribution in [0.4, 0.5) is 0 Å². The zero-order valence-electron chi connectivity index (χ0n) is 8.94. The van der Waals surface area contributed by atoms with Crippen LogP contribution in [0.5, 0.6) is 0 Å². The summed E-state index contributed by atoms with van der Waals surface area (Å²) in [5, 5.41) is 16.7. The van der Waals surface area contributed by atoms with Crippen LogP contribution in [0.15, 0.2) is 4.52 Å². The highest BCUT2D eigenvalue weighted by atomic mass is 16.5. The van der Waals surface area contributed by atoms with Gasteiger partial charge >= 0.3 is 0 Å². The monoisotopic (exact) mass is 211 g/mol. The predicted octanol–water partition coefficient (Wildman–Crippen LogP) is 0.424. The molecule has 2 rings (SSSR count). The first-order valence-electron chi connectivity index (χ1n) is 5.46. The molecule has 2 N–H and O–H groups in total. The highest BCUT2D eigenvalue weighted by molar-refractivity contribution is 4.87. The molecule has 0 aliphatic heterocycles. The fourth-order valence-corrected chi connectivity index (χ4v) is 1.99. The van der Waals surface area contributed by atoms with E-state index in [9.17, 15) is 5.11 Å². The summed E-state index contributed by atoms with van der Waals surface area (Å²) in [4.78, 5) is 4.11. The first-order chi connectivity index (χ1) is 7.25. The van der Waals surface area contributed by atoms with Gasteiger partial charge in [0.2, 0.25) is 5.89 Å². The normalized spacial score (nSPS) is 26.0. The lowest BCUT2D eigenvalue weighted by Gasteiger charge is -2.15. The lowest BCUT2D eigenvalue weighted by Crippen LogP contribution is -2.36. The van der Waals surface area contributed by atoms with Crippen molar-refractivity contribution >= 4 is 0 Å². The minimum absolute atomic E-state index is 0.183. The fourth-order valence-electron chi connectivity index (χ4n) is 1.99. The van der Waals surface area contributed by atoms with Crippen LogP contribution >= 0.6 is 0 Å². The van der Waals surface area contributed by atoms with Gasteiger partial charge in [-0.1, -0.05) is 5.16 Å². The Morgan fingerprint density at radius 3 is 3.00 bits per heavy atom. The number of rotatable bonds is 4. The second-order valence-corrected chi connectivity index (χ2v) is 4.04. The molecule has 84 valence electrons. The summed E-state index contributed by atoms with van der Waals surface area (Å²) >= 11 is 0. The number of aromatic nitrogens is 2. The third kappa shape index (κ3) is 2.76. The molecule has 0 unspecified atom stereocenters. The maximum atomic E-state index is 9.58. The van der Waals surface area contributed by atoms with E-state index in [4.69, 9.17) is 4.52 Å². The van der Waals surface area contributed by atoms with E-state index >= 15 is 0 Å². The Labute approximate surface area is 88.9 Å². The molecule has 5 heteroatoms. The molecule has 1 saturated carbocycles. The third-order valence-corrected chi connectivity index (χ3v) is 2.80. The minimum Gasteiger partial charge on any atom is -0.392 e. The van der Waals surface area contributed by atoms with Crippen molar-refractivity contribution < 1.29 is 9.63 Å². The van der Waals surface area contributed by atoms with Crippen LogP contribution in [0.2, 0.25) is 0 Å². The van der Waals surface area contributed by atoms with Crippen LogP contribution in [-0.4, -0.2) is 33.9 Å². The molecule has 1 aromatic rings. The molecule has 0 spiro atoms. The summed E-state index contributed by atoms with van der Waals surface area (Å²) in [6.07, 6.45) is 3.66. The van der Waals surface area contributed by atoms with E-state index in [0.717, 1.165) is 38.1 Å². The van der Waals surface area contributed by atoms with Gasteiger partial charge in [0.1, 0.15) is 0 Å². The maximum Gasteiger partial charge on any atom is 0.223 e. The fraction of sp³-hybridized carbons (Fsp3) is 0.800. The summed E-state index contributed by atoms with van der Waals surface area (Å²) in [5.41, 5.74) is 0. The van der Waals surface area contributed by atoms with E-state index in [1.807, 2.05) is 0 Å². The highest BCUT2D eigenvalue weighted by Crippen LogP contribution is 2.18. The topological polar surface area (TPSA) is 71.2 Å². The molecule has 1 aliphatic rings. The van der Waals surface area contributed by atoms with Gasteiger partial charge in [0.15, 0.2) is 5.82 Å². The molecular weight excluding hydrogens is 194 g/mol. The van der Waals surface area contributed by atoms with Gasteiger partial charge in [-0.25, -0.2) is 0 Å². The zero-order chi connectivity index (χ0) is 10.7. The van der Waals surface area contributed by atoms with E-state index in [-0.39, 0.29) is 12.1 Å². The van der Waals surface area contributed by atoms with Crippen molar-refractivity contribution in [2.75, 3.05) is 6.54 Å². The summed E-state index contributed by atoms with van der Waals surface area (Å²) < 4.78 is 4.87. The molecule has 1 aromatic heterocycles. The van der Waals surface area contributed by atoms with Gasteiger partial charge in [-0.3, -0.25) is 0 Å². The molecular formula is C10H17N3O2. The SMILES string of the molecule is Cc1nc(CCN[C@@H]2CCC[C@H]2O)no1. The van der Waals surface area contributed by atoms with Crippen molar-refractivity contribution in [1.29, 1.82) is 0 Å². The van der Waals surface area contributed by atoms with Crippen molar-refractivity contribution in [2.24, 2.45) is 0 Å². The Balaban J connectivity index is 1.70. The molecule has 1 fully saturated rings. The van der Waals surface area contributed by atoms with E-state index in [1.54, 1.807) is 6.92 Å². The van der Waals surface area contributed by atoms with Crippen molar-refractivity contribution in [2.45, 2.75) is 44.8 Å². The van der Waals surface area contributed by atoms with Gasteiger partial charge < -0.3 is 14.9 Å². The van der Waals surface area contributed by atoms with Crippen molar-refractivity contribution in [3.05, 3.63) is 11.7 Å². The van der Waals surface area contributed by atoms with E-state index in [2.05, 4.69) is 15.5 Å². The Hall–Kier alpha value is -0.940. The molecule has 5 nitrogen and oxygen atoms in total. The second kappa shape index (κ2) is 4.72. The Morgan fingerprint density at radius 1 is 1.53 bits per heavy atom. The number of aliphatic hydroxyl groups is 1. The smallest absolute Gasteiger partial charge is 0.223 e. The van der Waals surface area contributed by atoms with Crippen molar-refractivity contribution in [3.63, 3.8) is 0 Å². The van der Waals surface area contributed by atoms with Gasteiger partial charge in [0, 0.05) is 25.9 Å². The number of hydrogen-bond donors (Lipinski definition) is 2. The van der Waals surface area contributed by atoms with Gasteiger partial charge in [-0.05, 0) is 19.3 Å². The maximum absolute atomic E-state index is 9.58. The van der Waals surface area contributed by atoms with E-state index < -0.39 is 0 Å². The first kappa shape index (κ1) is 10.6. The lowest BCUT2D eigenvalue weighted by molar-refractivity contribution is 0.149. The number of hydrogen-bond acceptors (Lipinski definition) is 5. The highest BCUT2D eigenvalue weighted by Gasteiger charge is 2.24. The Morgan fingerprint density at radius 2 is 2.40 bits per heavy atom. The van der Waals surface area contributed by atoms with Crippen LogP contribution in [0.1, 0.15) is 31.0 Å². The van der Waals surface area contributed by atoms with E-state index in [1.165, 1.54) is 0 Å². The molecule has 15 heavy (non-hydrogen) atoms. The number of nitrogens with one attached hydrogen (secondary N) is 1. The second-order valence-electron chi connectivity index (χ2n) is 4.04. The van der Waals surface area contributed by atoms with Crippen molar-refractivity contribution in [3.8, 4) is 0 Å². The first-order valence-corrected chi connectivity index (χ1v) is 5.46. The molecule has 0 saturated heterocycles. The van der Waals surface area contributed by atoms with Crippen LogP contribution in [-0.2, 0) is 6.42 Å². The third-order valence-electron chi connectivity index (χ3n) is 2.80. The summed E-state index contributed by atoms with van der Waals surface area (Å²) in [6, 6.07) is 0.248. The predicted molar refractivity (Wildman–Crippen MR) is 54.4 cm³/mol. The lowest BCUT2D eigenvalue weighted by atomic mass is 10.2. The van der Waals surface area contributed by atoms with Gasteiger partial charge in [0.05, 0.1) is 6.10 Å². The average molecular weight is 211 g/mol. The zero-order valence-corrected chi connectivity index (χ0v) is 8.94. The quantitative estimate of drug-likeness (QED) is 0.755. The minimum atomic E-state index is -0.183. The average Bonchev–Trinajstić information content (AvgIpc) is 2.77. The Kier molecular flexibility index (Phi) is 3.33. The van der Waals surface area contributed by atoms with Crippen LogP contribution in [0.3, 0.4) is 0 Å². The molecule has 0 amide bonds. The molecule has 0 aromatic carbocycles. The molecule has 0 bridgehead atoms. The van der Waals surface area contributed by atoms with E-state index in [0.29, 0.717) is 5.89 Å². The van der Waals surface area contributed by atoms with Gasteiger partial charge in [-0.15, -0.1) is 0 Å². The molecule has 0 radical (unpaired) electrons. The summed E-state index contributed by atoms with van der Waals surface area (Å²) in [6.45, 7) is 2.57. The van der Waals surface area contributed by atoms with Crippen LogP contribution in [0, 0.1) is 6.92 Å². The molecule has 2 atom stereocenters. The molecule has 1 heterocycles. The number of nitrogens with zero attached hydrogens (tertiary/aromatic N) is 2. The van der Waals surface area contributed by atoms with Gasteiger partial charge in [0.25, 0.3) is 0 Å². The Bertz CT molecular complexity index is 313. The van der Waals surface area contributed by atoms with Crippen molar-refractivity contribution in [1.82, 2.24) is 15.5 Å². The standard InChI is InChI=1S/C10H17N3O2/c1-7-12-10(13-15-7)5-6-11-8-3-2-4-9(8)14/h8-9,11,14H,2-6H2,1H3/t8-,9-/m1/s1. The largest absolute Gasteiger partial charge is 0.392 e.